The lowest BCUT2D eigenvalue weighted by atomic mass is 10.1. The van der Waals surface area contributed by atoms with Crippen molar-refractivity contribution in [3.8, 4) is 0 Å². The molecule has 1 atom stereocenters. The third kappa shape index (κ3) is 4.85. The Morgan fingerprint density at radius 1 is 1.14 bits per heavy atom. The molecule has 4 nitrogen and oxygen atoms in total. The van der Waals surface area contributed by atoms with Gasteiger partial charge in [0.25, 0.3) is 5.91 Å². The first kappa shape index (κ1) is 21.5. The van der Waals surface area contributed by atoms with Crippen LogP contribution in [0.15, 0.2) is 24.3 Å². The Kier molecular flexibility index (Phi) is 6.71. The second-order valence-electron chi connectivity index (χ2n) is 6.34. The van der Waals surface area contributed by atoms with Gasteiger partial charge in [0, 0.05) is 18.1 Å². The van der Waals surface area contributed by atoms with E-state index in [2.05, 4.69) is 0 Å². The van der Waals surface area contributed by atoms with Crippen LogP contribution in [-0.2, 0) is 16.1 Å². The quantitative estimate of drug-likeness (QED) is 0.403. The minimum absolute atomic E-state index is 0.0317. The Labute approximate surface area is 167 Å². The Morgan fingerprint density at radius 3 is 2.62 bits per heavy atom. The molecular weight excluding hydrogens is 421 g/mol. The molecule has 1 saturated heterocycles. The topological polar surface area (TPSA) is 38.8 Å². The number of hydrogen-bond acceptors (Lipinski definition) is 3. The minimum Gasteiger partial charge on any atom is -0.374 e. The van der Waals surface area contributed by atoms with Gasteiger partial charge in [-0.1, -0.05) is 17.7 Å². The van der Waals surface area contributed by atoms with E-state index in [4.69, 9.17) is 21.1 Å². The number of amides is 1. The first-order chi connectivity index (χ1) is 13.8. The molecule has 0 unspecified atom stereocenters. The van der Waals surface area contributed by atoms with Crippen molar-refractivity contribution >= 4 is 17.5 Å². The standard InChI is InChI=1S/C19H15ClF5NO3/c20-14-5-11(21)2-1-10(14)8-28-9-12-7-26(3-4-29-12)19(27)13-6-15(22)17(24)18(25)16(13)23/h1-2,5-6,12H,3-4,7-9H2/t12-/m1/s1. The van der Waals surface area contributed by atoms with Crippen molar-refractivity contribution in [2.45, 2.75) is 12.7 Å². The molecule has 1 aliphatic rings. The van der Waals surface area contributed by atoms with Gasteiger partial charge in [-0.05, 0) is 23.8 Å². The fraction of sp³-hybridized carbons (Fsp3) is 0.316. The third-order valence-electron chi connectivity index (χ3n) is 4.34. The number of nitrogens with zero attached hydrogens (tertiary/aromatic N) is 1. The molecule has 1 fully saturated rings. The second-order valence-corrected chi connectivity index (χ2v) is 6.75. The molecule has 0 aliphatic carbocycles. The van der Waals surface area contributed by atoms with Gasteiger partial charge >= 0.3 is 0 Å². The van der Waals surface area contributed by atoms with Gasteiger partial charge in [0.1, 0.15) is 5.82 Å². The Morgan fingerprint density at radius 2 is 1.90 bits per heavy atom. The van der Waals surface area contributed by atoms with Gasteiger partial charge < -0.3 is 14.4 Å². The van der Waals surface area contributed by atoms with Crippen molar-refractivity contribution < 1.29 is 36.2 Å². The van der Waals surface area contributed by atoms with E-state index in [0.717, 1.165) is 11.0 Å². The normalized spacial score (nSPS) is 16.9. The van der Waals surface area contributed by atoms with Crippen molar-refractivity contribution in [3.63, 3.8) is 0 Å². The summed E-state index contributed by atoms with van der Waals surface area (Å²) in [7, 11) is 0. The van der Waals surface area contributed by atoms with Crippen LogP contribution in [0.1, 0.15) is 15.9 Å². The van der Waals surface area contributed by atoms with Gasteiger partial charge in [0.15, 0.2) is 23.3 Å². The number of morpholine rings is 1. The number of ether oxygens (including phenoxy) is 2. The predicted molar refractivity (Wildman–Crippen MR) is 93.0 cm³/mol. The molecule has 0 spiro atoms. The highest BCUT2D eigenvalue weighted by Crippen LogP contribution is 2.22. The molecule has 0 aromatic heterocycles. The lowest BCUT2D eigenvalue weighted by Gasteiger charge is -2.33. The molecule has 3 rings (SSSR count). The molecular formula is C19H15ClF5NO3. The number of rotatable bonds is 5. The van der Waals surface area contributed by atoms with Crippen molar-refractivity contribution in [3.05, 3.63) is 69.5 Å². The van der Waals surface area contributed by atoms with E-state index in [-0.39, 0.29) is 37.9 Å². The van der Waals surface area contributed by atoms with E-state index in [1.165, 1.54) is 12.1 Å². The van der Waals surface area contributed by atoms with Gasteiger partial charge in [-0.15, -0.1) is 0 Å². The summed E-state index contributed by atoms with van der Waals surface area (Å²) in [6.07, 6.45) is -0.592. The molecule has 0 N–H and O–H groups in total. The summed E-state index contributed by atoms with van der Waals surface area (Å²) in [6.45, 7) is 0.210. The second kappa shape index (κ2) is 9.06. The molecule has 29 heavy (non-hydrogen) atoms. The molecule has 1 heterocycles. The smallest absolute Gasteiger partial charge is 0.257 e. The van der Waals surface area contributed by atoms with Gasteiger partial charge in [-0.2, -0.15) is 0 Å². The molecule has 10 heteroatoms. The maximum atomic E-state index is 13.9. The monoisotopic (exact) mass is 435 g/mol. The van der Waals surface area contributed by atoms with Gasteiger partial charge in [-0.25, -0.2) is 22.0 Å². The van der Waals surface area contributed by atoms with Gasteiger partial charge in [0.05, 0.1) is 31.5 Å². The molecule has 1 aliphatic heterocycles. The van der Waals surface area contributed by atoms with Crippen LogP contribution >= 0.6 is 11.6 Å². The summed E-state index contributed by atoms with van der Waals surface area (Å²) in [5, 5.41) is 0.196. The van der Waals surface area contributed by atoms with Crippen LogP contribution < -0.4 is 0 Å². The van der Waals surface area contributed by atoms with E-state index in [1.54, 1.807) is 0 Å². The van der Waals surface area contributed by atoms with Crippen molar-refractivity contribution in [2.24, 2.45) is 0 Å². The minimum atomic E-state index is -2.04. The first-order valence-corrected chi connectivity index (χ1v) is 8.91. The van der Waals surface area contributed by atoms with E-state index in [9.17, 15) is 26.7 Å². The average molecular weight is 436 g/mol. The Hall–Kier alpha value is -2.23. The van der Waals surface area contributed by atoms with Crippen LogP contribution in [0.5, 0.6) is 0 Å². The summed E-state index contributed by atoms with van der Waals surface area (Å²) < 4.78 is 77.7. The Balaban J connectivity index is 1.61. The van der Waals surface area contributed by atoms with Crippen LogP contribution in [0.4, 0.5) is 22.0 Å². The highest BCUT2D eigenvalue weighted by atomic mass is 35.5. The Bertz CT molecular complexity index is 927. The summed E-state index contributed by atoms with van der Waals surface area (Å²) in [5.74, 6) is -8.90. The van der Waals surface area contributed by atoms with Gasteiger partial charge in [-0.3, -0.25) is 4.79 Å². The highest BCUT2D eigenvalue weighted by Gasteiger charge is 2.30. The lowest BCUT2D eigenvalue weighted by molar-refractivity contribution is -0.0648. The predicted octanol–water partition coefficient (Wildman–Crippen LogP) is 4.09. The van der Waals surface area contributed by atoms with E-state index in [1.807, 2.05) is 0 Å². The zero-order valence-electron chi connectivity index (χ0n) is 14.9. The fourth-order valence-electron chi connectivity index (χ4n) is 2.84. The highest BCUT2D eigenvalue weighted by molar-refractivity contribution is 6.31. The van der Waals surface area contributed by atoms with Crippen molar-refractivity contribution in [1.29, 1.82) is 0 Å². The molecule has 2 aromatic carbocycles. The lowest BCUT2D eigenvalue weighted by Crippen LogP contribution is -2.47. The van der Waals surface area contributed by atoms with Crippen LogP contribution in [0.2, 0.25) is 5.02 Å². The average Bonchev–Trinajstić information content (AvgIpc) is 2.70. The third-order valence-corrected chi connectivity index (χ3v) is 4.69. The number of carbonyl (C=O) groups excluding carboxylic acids is 1. The molecule has 0 saturated carbocycles. The summed E-state index contributed by atoms with van der Waals surface area (Å²) in [4.78, 5) is 13.6. The SMILES string of the molecule is O=C(c1cc(F)c(F)c(F)c1F)N1CCO[C@@H](COCc2ccc(F)cc2Cl)C1. The maximum absolute atomic E-state index is 13.9. The number of hydrogen-bond donors (Lipinski definition) is 0. The number of benzene rings is 2. The van der Waals surface area contributed by atoms with Crippen LogP contribution in [0, 0.1) is 29.1 Å². The van der Waals surface area contributed by atoms with Crippen LogP contribution in [-0.4, -0.2) is 43.2 Å². The zero-order chi connectivity index (χ0) is 21.1. The summed E-state index contributed by atoms with van der Waals surface area (Å²) in [6, 6.07) is 4.17. The van der Waals surface area contributed by atoms with Gasteiger partial charge in [0.2, 0.25) is 0 Å². The van der Waals surface area contributed by atoms with Crippen LogP contribution in [0.25, 0.3) is 0 Å². The van der Waals surface area contributed by atoms with Crippen LogP contribution in [0.3, 0.4) is 0 Å². The molecule has 1 amide bonds. The summed E-state index contributed by atoms with van der Waals surface area (Å²) in [5.41, 5.74) is -0.350. The fourth-order valence-corrected chi connectivity index (χ4v) is 3.06. The molecule has 0 radical (unpaired) electrons. The van der Waals surface area contributed by atoms with Crippen molar-refractivity contribution in [1.82, 2.24) is 4.90 Å². The molecule has 156 valence electrons. The number of halogens is 6. The number of carbonyl (C=O) groups is 1. The van der Waals surface area contributed by atoms with E-state index < -0.39 is 46.7 Å². The molecule has 0 bridgehead atoms. The van der Waals surface area contributed by atoms with E-state index >= 15 is 0 Å². The largest absolute Gasteiger partial charge is 0.374 e. The van der Waals surface area contributed by atoms with Crippen molar-refractivity contribution in [2.75, 3.05) is 26.3 Å². The van der Waals surface area contributed by atoms with E-state index in [0.29, 0.717) is 11.6 Å². The zero-order valence-corrected chi connectivity index (χ0v) is 15.6. The first-order valence-electron chi connectivity index (χ1n) is 8.53. The maximum Gasteiger partial charge on any atom is 0.257 e. The summed E-state index contributed by atoms with van der Waals surface area (Å²) >= 11 is 5.91. The molecule has 2 aromatic rings.